The molecule has 3 atom stereocenters. The zero-order valence-corrected chi connectivity index (χ0v) is 11.1. The van der Waals surface area contributed by atoms with Crippen LogP contribution in [0.15, 0.2) is 0 Å². The van der Waals surface area contributed by atoms with Crippen LogP contribution in [0.1, 0.15) is 66.2 Å². The van der Waals surface area contributed by atoms with Crippen molar-refractivity contribution in [2.24, 2.45) is 23.0 Å². The van der Waals surface area contributed by atoms with Crippen molar-refractivity contribution in [1.29, 1.82) is 0 Å². The van der Waals surface area contributed by atoms with E-state index >= 15 is 0 Å². The van der Waals surface area contributed by atoms with Gasteiger partial charge >= 0.3 is 0 Å². The van der Waals surface area contributed by atoms with Gasteiger partial charge in [0.15, 0.2) is 0 Å². The Morgan fingerprint density at radius 3 is 2.13 bits per heavy atom. The molecule has 1 heteroatoms. The summed E-state index contributed by atoms with van der Waals surface area (Å²) in [5.74, 6) is 1.72. The SMILES string of the molecule is CC1CCCCC(N)CCC1C(C)(C)C. The fraction of sp³-hybridized carbons (Fsp3) is 1.00. The van der Waals surface area contributed by atoms with Crippen LogP contribution in [0.5, 0.6) is 0 Å². The minimum absolute atomic E-state index is 0.448. The molecule has 1 aliphatic carbocycles. The van der Waals surface area contributed by atoms with Crippen LogP contribution in [0.3, 0.4) is 0 Å². The zero-order chi connectivity index (χ0) is 11.5. The Kier molecular flexibility index (Phi) is 4.64. The smallest absolute Gasteiger partial charge is 0.00389 e. The van der Waals surface area contributed by atoms with Gasteiger partial charge in [0.1, 0.15) is 0 Å². The second kappa shape index (κ2) is 5.34. The molecule has 0 bridgehead atoms. The van der Waals surface area contributed by atoms with E-state index in [1.807, 2.05) is 0 Å². The van der Waals surface area contributed by atoms with Crippen molar-refractivity contribution in [2.75, 3.05) is 0 Å². The molecule has 3 unspecified atom stereocenters. The maximum absolute atomic E-state index is 6.12. The van der Waals surface area contributed by atoms with Gasteiger partial charge in [-0.15, -0.1) is 0 Å². The summed E-state index contributed by atoms with van der Waals surface area (Å²) in [4.78, 5) is 0. The highest BCUT2D eigenvalue weighted by Crippen LogP contribution is 2.39. The summed E-state index contributed by atoms with van der Waals surface area (Å²) in [6, 6.07) is 0.458. The monoisotopic (exact) mass is 211 g/mol. The molecule has 1 fully saturated rings. The van der Waals surface area contributed by atoms with Crippen molar-refractivity contribution in [1.82, 2.24) is 0 Å². The summed E-state index contributed by atoms with van der Waals surface area (Å²) in [5, 5.41) is 0. The molecule has 0 aromatic heterocycles. The topological polar surface area (TPSA) is 26.0 Å². The van der Waals surface area contributed by atoms with Gasteiger partial charge in [-0.2, -0.15) is 0 Å². The molecule has 0 spiro atoms. The lowest BCUT2D eigenvalue weighted by molar-refractivity contribution is 0.146. The molecule has 0 amide bonds. The molecule has 90 valence electrons. The fourth-order valence-corrected chi connectivity index (χ4v) is 3.18. The largest absolute Gasteiger partial charge is 0.328 e. The quantitative estimate of drug-likeness (QED) is 0.644. The standard InChI is InChI=1S/C14H29N/c1-11-7-5-6-8-12(15)9-10-13(11)14(2,3)4/h11-13H,5-10,15H2,1-4H3. The predicted molar refractivity (Wildman–Crippen MR) is 67.8 cm³/mol. The zero-order valence-electron chi connectivity index (χ0n) is 11.1. The van der Waals surface area contributed by atoms with E-state index in [9.17, 15) is 0 Å². The third-order valence-corrected chi connectivity index (χ3v) is 4.13. The average molecular weight is 211 g/mol. The third-order valence-electron chi connectivity index (χ3n) is 4.13. The van der Waals surface area contributed by atoms with Crippen LogP contribution in [0.4, 0.5) is 0 Å². The van der Waals surface area contributed by atoms with Gasteiger partial charge in [0, 0.05) is 6.04 Å². The first-order valence-corrected chi connectivity index (χ1v) is 6.67. The first kappa shape index (κ1) is 13.0. The molecule has 1 rings (SSSR count). The van der Waals surface area contributed by atoms with Gasteiger partial charge in [-0.05, 0) is 36.5 Å². The number of hydrogen-bond acceptors (Lipinski definition) is 1. The molecule has 2 N–H and O–H groups in total. The summed E-state index contributed by atoms with van der Waals surface area (Å²) in [6.45, 7) is 9.60. The van der Waals surface area contributed by atoms with E-state index < -0.39 is 0 Å². The normalized spacial score (nSPS) is 35.4. The Bertz CT molecular complexity index is 180. The van der Waals surface area contributed by atoms with E-state index in [4.69, 9.17) is 5.73 Å². The van der Waals surface area contributed by atoms with Crippen molar-refractivity contribution in [3.05, 3.63) is 0 Å². The average Bonchev–Trinajstić information content (AvgIpc) is 2.16. The van der Waals surface area contributed by atoms with Crippen LogP contribution in [0.25, 0.3) is 0 Å². The van der Waals surface area contributed by atoms with Crippen molar-refractivity contribution in [3.63, 3.8) is 0 Å². The molecule has 15 heavy (non-hydrogen) atoms. The van der Waals surface area contributed by atoms with Crippen LogP contribution in [-0.2, 0) is 0 Å². The molecule has 0 saturated heterocycles. The van der Waals surface area contributed by atoms with Crippen LogP contribution >= 0.6 is 0 Å². The van der Waals surface area contributed by atoms with E-state index in [2.05, 4.69) is 27.7 Å². The molecule has 0 heterocycles. The molecular weight excluding hydrogens is 182 g/mol. The minimum Gasteiger partial charge on any atom is -0.328 e. The number of hydrogen-bond donors (Lipinski definition) is 1. The van der Waals surface area contributed by atoms with Crippen molar-refractivity contribution < 1.29 is 0 Å². The highest BCUT2D eigenvalue weighted by molar-refractivity contribution is 4.81. The van der Waals surface area contributed by atoms with E-state index in [1.54, 1.807) is 0 Å². The molecule has 1 saturated carbocycles. The van der Waals surface area contributed by atoms with Gasteiger partial charge in [0.2, 0.25) is 0 Å². The molecule has 1 nitrogen and oxygen atoms in total. The highest BCUT2D eigenvalue weighted by Gasteiger charge is 2.30. The Morgan fingerprint density at radius 1 is 0.933 bits per heavy atom. The summed E-state index contributed by atoms with van der Waals surface area (Å²) < 4.78 is 0. The molecule has 0 aromatic carbocycles. The number of rotatable bonds is 0. The minimum atomic E-state index is 0.448. The van der Waals surface area contributed by atoms with Gasteiger partial charge in [-0.25, -0.2) is 0 Å². The van der Waals surface area contributed by atoms with Crippen molar-refractivity contribution in [2.45, 2.75) is 72.3 Å². The molecule has 1 aliphatic rings. The Hall–Kier alpha value is -0.0400. The summed E-state index contributed by atoms with van der Waals surface area (Å²) >= 11 is 0. The maximum atomic E-state index is 6.12. The lowest BCUT2D eigenvalue weighted by Gasteiger charge is -2.36. The van der Waals surface area contributed by atoms with E-state index in [-0.39, 0.29) is 0 Å². The van der Waals surface area contributed by atoms with Gasteiger partial charge in [-0.1, -0.05) is 47.0 Å². The Balaban J connectivity index is 2.64. The lowest BCUT2D eigenvalue weighted by Crippen LogP contribution is -2.28. The van der Waals surface area contributed by atoms with Gasteiger partial charge < -0.3 is 5.73 Å². The predicted octanol–water partition coefficient (Wildman–Crippen LogP) is 3.97. The van der Waals surface area contributed by atoms with Crippen LogP contribution in [0, 0.1) is 17.3 Å². The molecule has 0 aliphatic heterocycles. The van der Waals surface area contributed by atoms with Gasteiger partial charge in [0.05, 0.1) is 0 Å². The van der Waals surface area contributed by atoms with Crippen molar-refractivity contribution >= 4 is 0 Å². The first-order chi connectivity index (χ1) is 6.91. The lowest BCUT2D eigenvalue weighted by atomic mass is 9.70. The summed E-state index contributed by atoms with van der Waals surface area (Å²) in [7, 11) is 0. The second-order valence-corrected chi connectivity index (χ2v) is 6.57. The fourth-order valence-electron chi connectivity index (χ4n) is 3.18. The molecular formula is C14H29N. The molecule has 0 radical (unpaired) electrons. The van der Waals surface area contributed by atoms with Gasteiger partial charge in [0.25, 0.3) is 0 Å². The number of nitrogens with two attached hydrogens (primary N) is 1. The van der Waals surface area contributed by atoms with Gasteiger partial charge in [-0.3, -0.25) is 0 Å². The second-order valence-electron chi connectivity index (χ2n) is 6.57. The Morgan fingerprint density at radius 2 is 1.53 bits per heavy atom. The summed E-state index contributed by atoms with van der Waals surface area (Å²) in [6.07, 6.45) is 7.90. The van der Waals surface area contributed by atoms with E-state index in [0.717, 1.165) is 11.8 Å². The maximum Gasteiger partial charge on any atom is 0.00389 e. The van der Waals surface area contributed by atoms with Crippen LogP contribution < -0.4 is 5.73 Å². The summed E-state index contributed by atoms with van der Waals surface area (Å²) in [5.41, 5.74) is 6.57. The Labute approximate surface area is 95.8 Å². The third kappa shape index (κ3) is 4.14. The first-order valence-electron chi connectivity index (χ1n) is 6.67. The highest BCUT2D eigenvalue weighted by atomic mass is 14.6. The molecule has 0 aromatic rings. The van der Waals surface area contributed by atoms with E-state index in [0.29, 0.717) is 11.5 Å². The van der Waals surface area contributed by atoms with Crippen molar-refractivity contribution in [3.8, 4) is 0 Å². The van der Waals surface area contributed by atoms with Crippen LogP contribution in [-0.4, -0.2) is 6.04 Å². The van der Waals surface area contributed by atoms with E-state index in [1.165, 1.54) is 38.5 Å². The van der Waals surface area contributed by atoms with Crippen LogP contribution in [0.2, 0.25) is 0 Å².